The summed E-state index contributed by atoms with van der Waals surface area (Å²) in [7, 11) is 0. The van der Waals surface area contributed by atoms with E-state index in [1.54, 1.807) is 0 Å². The van der Waals surface area contributed by atoms with E-state index in [1.807, 2.05) is 6.08 Å². The van der Waals surface area contributed by atoms with E-state index in [0.29, 0.717) is 0 Å². The molecule has 0 heterocycles. The minimum Gasteiger partial charge on any atom is -0.372 e. The van der Waals surface area contributed by atoms with Gasteiger partial charge in [0.05, 0.1) is 0 Å². The number of anilines is 1. The van der Waals surface area contributed by atoms with Gasteiger partial charge in [-0.05, 0) is 41.7 Å². The van der Waals surface area contributed by atoms with Crippen molar-refractivity contribution in [1.29, 1.82) is 0 Å². The van der Waals surface area contributed by atoms with Crippen LogP contribution in [0.5, 0.6) is 0 Å². The molecule has 0 aromatic heterocycles. The maximum absolute atomic E-state index is 3.79. The Morgan fingerprint density at radius 2 is 1.16 bits per heavy atom. The highest BCUT2D eigenvalue weighted by Crippen LogP contribution is 2.18. The zero-order valence-corrected chi connectivity index (χ0v) is 15.7. The van der Waals surface area contributed by atoms with E-state index >= 15 is 0 Å². The summed E-state index contributed by atoms with van der Waals surface area (Å²) in [6, 6.07) is 17.4. The largest absolute Gasteiger partial charge is 0.372 e. The summed E-state index contributed by atoms with van der Waals surface area (Å²) in [6.07, 6.45) is 11.2. The minimum absolute atomic E-state index is 1.15. The standard InChI is InChI=1S/C24H31N/c1-4-7-19-25(20-8-5-2)24-17-15-23(16-18-24)14-13-22-11-9-21(6-3)10-12-22/h6,9-18H,3-5,7-8,19-20H2,1-2H3. The Labute approximate surface area is 153 Å². The molecular weight excluding hydrogens is 302 g/mol. The summed E-state index contributed by atoms with van der Waals surface area (Å²) in [4.78, 5) is 2.52. The summed E-state index contributed by atoms with van der Waals surface area (Å²) in [5.74, 6) is 0. The zero-order valence-electron chi connectivity index (χ0n) is 15.7. The molecule has 1 nitrogen and oxygen atoms in total. The van der Waals surface area contributed by atoms with Crippen LogP contribution in [0.4, 0.5) is 5.69 Å². The van der Waals surface area contributed by atoms with Crippen LogP contribution in [0, 0.1) is 0 Å². The average molecular weight is 334 g/mol. The smallest absolute Gasteiger partial charge is 0.0366 e. The maximum atomic E-state index is 3.79. The van der Waals surface area contributed by atoms with Gasteiger partial charge in [-0.15, -0.1) is 0 Å². The molecule has 0 amide bonds. The lowest BCUT2D eigenvalue weighted by molar-refractivity contribution is 0.678. The Hall–Kier alpha value is -2.28. The van der Waals surface area contributed by atoms with Crippen LogP contribution in [0.25, 0.3) is 18.2 Å². The van der Waals surface area contributed by atoms with Crippen molar-refractivity contribution in [3.8, 4) is 0 Å². The first-order valence-corrected chi connectivity index (χ1v) is 9.52. The van der Waals surface area contributed by atoms with Gasteiger partial charge in [0, 0.05) is 18.8 Å². The summed E-state index contributed by atoms with van der Waals surface area (Å²) in [5, 5.41) is 0. The van der Waals surface area contributed by atoms with Gasteiger partial charge in [0.15, 0.2) is 0 Å². The summed E-state index contributed by atoms with van der Waals surface area (Å²) < 4.78 is 0. The fraction of sp³-hybridized carbons (Fsp3) is 0.333. The first-order valence-electron chi connectivity index (χ1n) is 9.52. The maximum Gasteiger partial charge on any atom is 0.0366 e. The molecule has 0 saturated carbocycles. The third kappa shape index (κ3) is 6.26. The van der Waals surface area contributed by atoms with Crippen molar-refractivity contribution in [3.05, 3.63) is 71.8 Å². The van der Waals surface area contributed by atoms with Crippen LogP contribution in [0.3, 0.4) is 0 Å². The Morgan fingerprint density at radius 1 is 0.720 bits per heavy atom. The predicted molar refractivity (Wildman–Crippen MR) is 114 cm³/mol. The van der Waals surface area contributed by atoms with Crippen molar-refractivity contribution in [1.82, 2.24) is 0 Å². The van der Waals surface area contributed by atoms with Crippen molar-refractivity contribution in [2.45, 2.75) is 39.5 Å². The van der Waals surface area contributed by atoms with Crippen molar-refractivity contribution in [2.75, 3.05) is 18.0 Å². The van der Waals surface area contributed by atoms with Crippen molar-refractivity contribution >= 4 is 23.9 Å². The molecule has 0 saturated heterocycles. The zero-order chi connectivity index (χ0) is 17.9. The Bertz CT molecular complexity index is 641. The number of hydrogen-bond acceptors (Lipinski definition) is 1. The van der Waals surface area contributed by atoms with E-state index in [0.717, 1.165) is 18.7 Å². The molecule has 0 bridgehead atoms. The molecule has 0 radical (unpaired) electrons. The Balaban J connectivity index is 2.03. The number of benzene rings is 2. The van der Waals surface area contributed by atoms with Crippen molar-refractivity contribution in [3.63, 3.8) is 0 Å². The van der Waals surface area contributed by atoms with Crippen LogP contribution >= 0.6 is 0 Å². The lowest BCUT2D eigenvalue weighted by Crippen LogP contribution is -2.25. The highest BCUT2D eigenvalue weighted by atomic mass is 15.1. The lowest BCUT2D eigenvalue weighted by Gasteiger charge is -2.24. The third-order valence-electron chi connectivity index (χ3n) is 4.46. The van der Waals surface area contributed by atoms with Crippen molar-refractivity contribution in [2.24, 2.45) is 0 Å². The molecule has 0 aliphatic rings. The molecule has 2 rings (SSSR count). The fourth-order valence-corrected chi connectivity index (χ4v) is 2.80. The summed E-state index contributed by atoms with van der Waals surface area (Å²) in [6.45, 7) is 10.6. The van der Waals surface area contributed by atoms with Gasteiger partial charge in [-0.1, -0.05) is 87.9 Å². The second-order valence-corrected chi connectivity index (χ2v) is 6.49. The molecule has 1 heteroatoms. The number of rotatable bonds is 10. The second kappa shape index (κ2) is 10.6. The topological polar surface area (TPSA) is 3.24 Å². The summed E-state index contributed by atoms with van der Waals surface area (Å²) >= 11 is 0. The minimum atomic E-state index is 1.15. The number of nitrogens with zero attached hydrogens (tertiary/aromatic N) is 1. The quantitative estimate of drug-likeness (QED) is 0.427. The van der Waals surface area contributed by atoms with Gasteiger partial charge in [-0.25, -0.2) is 0 Å². The van der Waals surface area contributed by atoms with Gasteiger partial charge in [-0.3, -0.25) is 0 Å². The van der Waals surface area contributed by atoms with Gasteiger partial charge in [0.25, 0.3) is 0 Å². The van der Waals surface area contributed by atoms with Crippen LogP contribution in [-0.4, -0.2) is 13.1 Å². The van der Waals surface area contributed by atoms with Crippen LogP contribution < -0.4 is 4.90 Å². The van der Waals surface area contributed by atoms with Gasteiger partial charge in [0.1, 0.15) is 0 Å². The van der Waals surface area contributed by atoms with Gasteiger partial charge in [-0.2, -0.15) is 0 Å². The highest BCUT2D eigenvalue weighted by molar-refractivity contribution is 5.71. The molecule has 2 aromatic carbocycles. The first-order chi connectivity index (χ1) is 12.3. The first kappa shape index (κ1) is 19.1. The average Bonchev–Trinajstić information content (AvgIpc) is 2.67. The molecule has 0 fully saturated rings. The van der Waals surface area contributed by atoms with Gasteiger partial charge >= 0.3 is 0 Å². The van der Waals surface area contributed by atoms with Crippen LogP contribution in [0.15, 0.2) is 55.1 Å². The molecule has 25 heavy (non-hydrogen) atoms. The molecule has 0 aliphatic heterocycles. The lowest BCUT2D eigenvalue weighted by atomic mass is 10.1. The van der Waals surface area contributed by atoms with Crippen LogP contribution in [0.2, 0.25) is 0 Å². The van der Waals surface area contributed by atoms with E-state index in [4.69, 9.17) is 0 Å². The Kier molecular flexibility index (Phi) is 8.04. The van der Waals surface area contributed by atoms with E-state index in [1.165, 1.54) is 42.5 Å². The van der Waals surface area contributed by atoms with E-state index < -0.39 is 0 Å². The van der Waals surface area contributed by atoms with Crippen LogP contribution in [0.1, 0.15) is 56.2 Å². The fourth-order valence-electron chi connectivity index (χ4n) is 2.80. The second-order valence-electron chi connectivity index (χ2n) is 6.49. The van der Waals surface area contributed by atoms with Crippen LogP contribution in [-0.2, 0) is 0 Å². The Morgan fingerprint density at radius 3 is 1.60 bits per heavy atom. The van der Waals surface area contributed by atoms with E-state index in [2.05, 4.69) is 86.0 Å². The van der Waals surface area contributed by atoms with Gasteiger partial charge < -0.3 is 4.90 Å². The normalized spacial score (nSPS) is 11.0. The molecule has 0 aliphatic carbocycles. The van der Waals surface area contributed by atoms with Crippen molar-refractivity contribution < 1.29 is 0 Å². The number of hydrogen-bond donors (Lipinski definition) is 0. The molecular formula is C24H31N. The molecule has 0 N–H and O–H groups in total. The monoisotopic (exact) mass is 333 g/mol. The predicted octanol–water partition coefficient (Wildman–Crippen LogP) is 6.91. The summed E-state index contributed by atoms with van der Waals surface area (Å²) in [5.41, 5.74) is 4.94. The molecule has 0 unspecified atom stereocenters. The van der Waals surface area contributed by atoms with E-state index in [9.17, 15) is 0 Å². The van der Waals surface area contributed by atoms with E-state index in [-0.39, 0.29) is 0 Å². The third-order valence-corrected chi connectivity index (χ3v) is 4.46. The number of unbranched alkanes of at least 4 members (excludes halogenated alkanes) is 2. The SMILES string of the molecule is C=Cc1ccc(C=Cc2ccc(N(CCCC)CCCC)cc2)cc1. The molecule has 0 spiro atoms. The molecule has 0 atom stereocenters. The highest BCUT2D eigenvalue weighted by Gasteiger charge is 2.05. The van der Waals surface area contributed by atoms with Gasteiger partial charge in [0.2, 0.25) is 0 Å². The molecule has 132 valence electrons. The molecule has 2 aromatic rings.